The maximum absolute atomic E-state index is 12.5. The molecule has 2 aromatic rings. The molecule has 2 fully saturated rings. The number of carbonyl (C=O) groups is 1. The fourth-order valence-corrected chi connectivity index (χ4v) is 3.90. The molecule has 0 saturated carbocycles. The molecule has 6 nitrogen and oxygen atoms in total. The number of para-hydroxylation sites is 2. The number of piperidine rings is 1. The first kappa shape index (κ1) is 14.5. The number of carbonyl (C=O) groups excluding carboxylic acids is 1. The molecule has 0 radical (unpaired) electrons. The summed E-state index contributed by atoms with van der Waals surface area (Å²) in [6.45, 7) is 2.40. The normalized spacial score (nSPS) is 22.8. The van der Waals surface area contributed by atoms with Crippen molar-refractivity contribution in [3.8, 4) is 0 Å². The third kappa shape index (κ3) is 2.57. The van der Waals surface area contributed by atoms with Crippen molar-refractivity contribution in [3.05, 3.63) is 34.7 Å². The van der Waals surface area contributed by atoms with E-state index in [-0.39, 0.29) is 23.7 Å². The van der Waals surface area contributed by atoms with E-state index in [1.165, 1.54) is 0 Å². The van der Waals surface area contributed by atoms with Gasteiger partial charge in [0.15, 0.2) is 0 Å². The Morgan fingerprint density at radius 3 is 2.65 bits per heavy atom. The minimum Gasteiger partial charge on any atom is -0.341 e. The van der Waals surface area contributed by atoms with Crippen LogP contribution >= 0.6 is 0 Å². The predicted octanol–water partition coefficient (Wildman–Crippen LogP) is 1.25. The Morgan fingerprint density at radius 2 is 1.91 bits per heavy atom. The van der Waals surface area contributed by atoms with Gasteiger partial charge >= 0.3 is 5.69 Å². The monoisotopic (exact) mass is 314 g/mol. The smallest absolute Gasteiger partial charge is 0.326 e. The maximum atomic E-state index is 12.5. The Morgan fingerprint density at radius 1 is 1.13 bits per heavy atom. The molecule has 2 N–H and O–H groups in total. The molecule has 1 aromatic carbocycles. The summed E-state index contributed by atoms with van der Waals surface area (Å²) in [4.78, 5) is 29.6. The summed E-state index contributed by atoms with van der Waals surface area (Å²) >= 11 is 0. The number of nitrogens with one attached hydrogen (secondary N) is 2. The van der Waals surface area contributed by atoms with Gasteiger partial charge in [-0.25, -0.2) is 4.79 Å². The fraction of sp³-hybridized carbons (Fsp3) is 0.529. The van der Waals surface area contributed by atoms with E-state index in [0.717, 1.165) is 56.4 Å². The molecule has 1 aromatic heterocycles. The zero-order valence-electron chi connectivity index (χ0n) is 13.1. The van der Waals surface area contributed by atoms with Crippen LogP contribution in [0.5, 0.6) is 0 Å². The Bertz CT molecular complexity index is 764. The lowest BCUT2D eigenvalue weighted by Gasteiger charge is -2.34. The van der Waals surface area contributed by atoms with Crippen LogP contribution in [0.2, 0.25) is 0 Å². The number of aromatic nitrogens is 2. The lowest BCUT2D eigenvalue weighted by atomic mass is 10.0. The lowest BCUT2D eigenvalue weighted by molar-refractivity contribution is -0.134. The Hall–Kier alpha value is -2.08. The van der Waals surface area contributed by atoms with Crippen LogP contribution in [0.4, 0.5) is 0 Å². The summed E-state index contributed by atoms with van der Waals surface area (Å²) in [5, 5.41) is 3.27. The van der Waals surface area contributed by atoms with Crippen LogP contribution in [-0.2, 0) is 4.79 Å². The zero-order valence-corrected chi connectivity index (χ0v) is 13.1. The van der Waals surface area contributed by atoms with Crippen molar-refractivity contribution in [1.29, 1.82) is 0 Å². The first-order valence-electron chi connectivity index (χ1n) is 8.45. The number of H-pyrrole nitrogens is 1. The highest BCUT2D eigenvalue weighted by molar-refractivity contribution is 5.82. The van der Waals surface area contributed by atoms with Crippen LogP contribution in [0.3, 0.4) is 0 Å². The number of fused-ring (bicyclic) bond motifs is 1. The summed E-state index contributed by atoms with van der Waals surface area (Å²) in [6, 6.07) is 7.96. The van der Waals surface area contributed by atoms with Gasteiger partial charge in [-0.05, 0) is 44.4 Å². The molecule has 3 heterocycles. The standard InChI is InChI=1S/C17H22N4O2/c22-16(14-5-3-9-18-14)20-10-7-12(8-11-20)21-15-6-2-1-4-13(15)19-17(21)23/h1-2,4,6,12,14,18H,3,5,7-11H2,(H,19,23). The molecular weight excluding hydrogens is 292 g/mol. The number of amides is 1. The van der Waals surface area contributed by atoms with E-state index >= 15 is 0 Å². The average molecular weight is 314 g/mol. The Labute approximate surface area is 134 Å². The van der Waals surface area contributed by atoms with Crippen LogP contribution in [0.15, 0.2) is 29.1 Å². The number of hydrogen-bond donors (Lipinski definition) is 2. The minimum atomic E-state index is -0.0477. The molecule has 6 heteroatoms. The Kier molecular flexibility index (Phi) is 3.69. The van der Waals surface area contributed by atoms with Crippen molar-refractivity contribution in [1.82, 2.24) is 19.8 Å². The molecule has 2 aliphatic rings. The van der Waals surface area contributed by atoms with Gasteiger partial charge in [0.05, 0.1) is 17.1 Å². The van der Waals surface area contributed by atoms with Gasteiger partial charge in [0.2, 0.25) is 5.91 Å². The number of rotatable bonds is 2. The van der Waals surface area contributed by atoms with Gasteiger partial charge in [0, 0.05) is 19.1 Å². The Balaban J connectivity index is 1.49. The minimum absolute atomic E-state index is 0.00219. The van der Waals surface area contributed by atoms with Crippen LogP contribution in [-0.4, -0.2) is 46.0 Å². The summed E-state index contributed by atoms with van der Waals surface area (Å²) in [6.07, 6.45) is 3.69. The van der Waals surface area contributed by atoms with Crippen molar-refractivity contribution in [2.45, 2.75) is 37.8 Å². The lowest BCUT2D eigenvalue weighted by Crippen LogP contribution is -2.47. The highest BCUT2D eigenvalue weighted by Gasteiger charge is 2.31. The molecule has 23 heavy (non-hydrogen) atoms. The SMILES string of the molecule is O=C(C1CCCN1)N1CCC(n2c(=O)[nH]c3ccccc32)CC1. The van der Waals surface area contributed by atoms with E-state index in [1.807, 2.05) is 33.7 Å². The summed E-state index contributed by atoms with van der Waals surface area (Å²) in [7, 11) is 0. The number of aromatic amines is 1. The summed E-state index contributed by atoms with van der Waals surface area (Å²) in [5.41, 5.74) is 1.79. The van der Waals surface area contributed by atoms with Crippen LogP contribution in [0.1, 0.15) is 31.7 Å². The predicted molar refractivity (Wildman–Crippen MR) is 88.4 cm³/mol. The topological polar surface area (TPSA) is 70.1 Å². The molecule has 0 bridgehead atoms. The molecule has 1 amide bonds. The van der Waals surface area contributed by atoms with Gasteiger partial charge in [0.25, 0.3) is 0 Å². The molecule has 2 saturated heterocycles. The van der Waals surface area contributed by atoms with Crippen molar-refractivity contribution in [2.75, 3.05) is 19.6 Å². The number of imidazole rings is 1. The maximum Gasteiger partial charge on any atom is 0.326 e. The van der Waals surface area contributed by atoms with E-state index in [0.29, 0.717) is 0 Å². The van der Waals surface area contributed by atoms with Crippen molar-refractivity contribution in [3.63, 3.8) is 0 Å². The largest absolute Gasteiger partial charge is 0.341 e. The van der Waals surface area contributed by atoms with Crippen molar-refractivity contribution < 1.29 is 4.79 Å². The number of likely N-dealkylation sites (tertiary alicyclic amines) is 1. The van der Waals surface area contributed by atoms with E-state index in [4.69, 9.17) is 0 Å². The van der Waals surface area contributed by atoms with Gasteiger partial charge in [-0.15, -0.1) is 0 Å². The second-order valence-corrected chi connectivity index (χ2v) is 6.52. The second kappa shape index (κ2) is 5.85. The fourth-order valence-electron chi connectivity index (χ4n) is 3.90. The molecule has 122 valence electrons. The second-order valence-electron chi connectivity index (χ2n) is 6.52. The van der Waals surface area contributed by atoms with E-state index in [1.54, 1.807) is 0 Å². The molecule has 1 atom stereocenters. The third-order valence-electron chi connectivity index (χ3n) is 5.12. The number of nitrogens with zero attached hydrogens (tertiary/aromatic N) is 2. The molecule has 2 aliphatic heterocycles. The van der Waals surface area contributed by atoms with E-state index < -0.39 is 0 Å². The van der Waals surface area contributed by atoms with Gasteiger partial charge in [0.1, 0.15) is 0 Å². The first-order valence-corrected chi connectivity index (χ1v) is 8.45. The van der Waals surface area contributed by atoms with E-state index in [2.05, 4.69) is 10.3 Å². The molecule has 0 spiro atoms. The first-order chi connectivity index (χ1) is 11.2. The number of hydrogen-bond acceptors (Lipinski definition) is 3. The van der Waals surface area contributed by atoms with Gasteiger partial charge in [-0.1, -0.05) is 12.1 Å². The summed E-state index contributed by atoms with van der Waals surface area (Å²) in [5.74, 6) is 0.229. The van der Waals surface area contributed by atoms with Gasteiger partial charge < -0.3 is 15.2 Å². The molecule has 1 unspecified atom stereocenters. The third-order valence-corrected chi connectivity index (χ3v) is 5.12. The van der Waals surface area contributed by atoms with Crippen LogP contribution in [0, 0.1) is 0 Å². The van der Waals surface area contributed by atoms with Gasteiger partial charge in [-0.2, -0.15) is 0 Å². The van der Waals surface area contributed by atoms with Crippen LogP contribution in [0.25, 0.3) is 11.0 Å². The number of benzene rings is 1. The molecule has 0 aliphatic carbocycles. The highest BCUT2D eigenvalue weighted by atomic mass is 16.2. The average Bonchev–Trinajstić information content (AvgIpc) is 3.21. The van der Waals surface area contributed by atoms with Gasteiger partial charge in [-0.3, -0.25) is 9.36 Å². The van der Waals surface area contributed by atoms with Crippen LogP contribution < -0.4 is 11.0 Å². The van der Waals surface area contributed by atoms with E-state index in [9.17, 15) is 9.59 Å². The quantitative estimate of drug-likeness (QED) is 0.876. The van der Waals surface area contributed by atoms with Crippen molar-refractivity contribution >= 4 is 16.9 Å². The zero-order chi connectivity index (χ0) is 15.8. The summed E-state index contributed by atoms with van der Waals surface area (Å²) < 4.78 is 1.87. The molecule has 4 rings (SSSR count). The highest BCUT2D eigenvalue weighted by Crippen LogP contribution is 2.25. The van der Waals surface area contributed by atoms with Crippen molar-refractivity contribution in [2.24, 2.45) is 0 Å². The molecular formula is C17H22N4O2.